The van der Waals surface area contributed by atoms with E-state index in [9.17, 15) is 0 Å². The highest BCUT2D eigenvalue weighted by molar-refractivity contribution is 4.90. The van der Waals surface area contributed by atoms with Gasteiger partial charge in [-0.1, -0.05) is 6.42 Å². The van der Waals surface area contributed by atoms with Gasteiger partial charge in [-0.2, -0.15) is 0 Å². The molecule has 3 aliphatic rings. The van der Waals surface area contributed by atoms with Crippen molar-refractivity contribution in [3.05, 3.63) is 0 Å². The monoisotopic (exact) mass is 266 g/mol. The smallest absolute Gasteiger partial charge is 0.0600 e. The average molecular weight is 266 g/mol. The molecular weight excluding hydrogens is 236 g/mol. The van der Waals surface area contributed by atoms with Crippen LogP contribution in [0.2, 0.25) is 0 Å². The molecule has 0 aromatic carbocycles. The van der Waals surface area contributed by atoms with Crippen LogP contribution in [0.25, 0.3) is 0 Å². The lowest BCUT2D eigenvalue weighted by molar-refractivity contribution is 0.0206. The molecule has 3 nitrogen and oxygen atoms in total. The van der Waals surface area contributed by atoms with Crippen LogP contribution in [0.15, 0.2) is 0 Å². The van der Waals surface area contributed by atoms with E-state index in [4.69, 9.17) is 4.74 Å². The summed E-state index contributed by atoms with van der Waals surface area (Å²) in [7, 11) is 2.28. The maximum atomic E-state index is 6.00. The van der Waals surface area contributed by atoms with Crippen molar-refractivity contribution in [1.29, 1.82) is 0 Å². The Balaban J connectivity index is 1.29. The summed E-state index contributed by atoms with van der Waals surface area (Å²) < 4.78 is 6.00. The summed E-state index contributed by atoms with van der Waals surface area (Å²) in [6, 6.07) is 0. The Morgan fingerprint density at radius 2 is 1.95 bits per heavy atom. The molecule has 3 unspecified atom stereocenters. The van der Waals surface area contributed by atoms with E-state index in [-0.39, 0.29) is 0 Å². The Morgan fingerprint density at radius 1 is 1.11 bits per heavy atom. The van der Waals surface area contributed by atoms with E-state index in [1.54, 1.807) is 0 Å². The molecule has 1 heterocycles. The van der Waals surface area contributed by atoms with E-state index in [0.717, 1.165) is 44.0 Å². The lowest BCUT2D eigenvalue weighted by Crippen LogP contribution is -2.35. The van der Waals surface area contributed by atoms with Gasteiger partial charge in [-0.3, -0.25) is 0 Å². The molecule has 110 valence electrons. The molecule has 1 aliphatic heterocycles. The Morgan fingerprint density at radius 3 is 2.63 bits per heavy atom. The fraction of sp³-hybridized carbons (Fsp3) is 1.00. The van der Waals surface area contributed by atoms with Crippen molar-refractivity contribution in [2.75, 3.05) is 39.8 Å². The van der Waals surface area contributed by atoms with E-state index in [2.05, 4.69) is 17.3 Å². The van der Waals surface area contributed by atoms with Gasteiger partial charge in [0.15, 0.2) is 0 Å². The lowest BCUT2D eigenvalue weighted by atomic mass is 9.88. The Hall–Kier alpha value is -0.120. The molecule has 3 atom stereocenters. The highest BCUT2D eigenvalue weighted by Gasteiger charge is 2.39. The largest absolute Gasteiger partial charge is 0.377 e. The van der Waals surface area contributed by atoms with E-state index in [1.165, 1.54) is 45.1 Å². The van der Waals surface area contributed by atoms with E-state index >= 15 is 0 Å². The second kappa shape index (κ2) is 6.55. The second-order valence-electron chi connectivity index (χ2n) is 7.02. The molecule has 3 fully saturated rings. The fourth-order valence-electron chi connectivity index (χ4n) is 4.43. The Kier molecular flexibility index (Phi) is 4.78. The number of likely N-dealkylation sites (N-methyl/N-ethyl adjacent to an activating group) is 1. The highest BCUT2D eigenvalue weighted by atomic mass is 16.5. The minimum atomic E-state index is 0.511. The summed E-state index contributed by atoms with van der Waals surface area (Å²) in [5.74, 6) is 3.12. The van der Waals surface area contributed by atoms with Crippen molar-refractivity contribution in [2.24, 2.45) is 17.8 Å². The molecule has 0 aromatic rings. The van der Waals surface area contributed by atoms with Crippen LogP contribution >= 0.6 is 0 Å². The number of hydrogen-bond acceptors (Lipinski definition) is 3. The summed E-state index contributed by atoms with van der Waals surface area (Å²) in [5, 5.41) is 3.39. The predicted molar refractivity (Wildman–Crippen MR) is 78.3 cm³/mol. The van der Waals surface area contributed by atoms with Crippen LogP contribution in [0.3, 0.4) is 0 Å². The third kappa shape index (κ3) is 3.71. The number of piperidine rings is 1. The maximum absolute atomic E-state index is 6.00. The predicted octanol–water partition coefficient (Wildman–Crippen LogP) is 2.12. The topological polar surface area (TPSA) is 24.5 Å². The number of fused-ring (bicyclic) bond motifs is 2. The zero-order valence-corrected chi connectivity index (χ0v) is 12.4. The third-order valence-electron chi connectivity index (χ3n) is 5.54. The molecule has 0 radical (unpaired) electrons. The van der Waals surface area contributed by atoms with Crippen LogP contribution in [-0.4, -0.2) is 50.8 Å². The second-order valence-corrected chi connectivity index (χ2v) is 7.02. The zero-order valence-electron chi connectivity index (χ0n) is 12.4. The van der Waals surface area contributed by atoms with Crippen LogP contribution in [0.4, 0.5) is 0 Å². The van der Waals surface area contributed by atoms with Crippen molar-refractivity contribution in [3.8, 4) is 0 Å². The zero-order chi connectivity index (χ0) is 13.1. The summed E-state index contributed by atoms with van der Waals surface area (Å²) in [6.45, 7) is 5.59. The van der Waals surface area contributed by atoms with Gasteiger partial charge in [-0.05, 0) is 70.0 Å². The van der Waals surface area contributed by atoms with Crippen molar-refractivity contribution >= 4 is 0 Å². The number of rotatable bonds is 6. The molecule has 3 heteroatoms. The van der Waals surface area contributed by atoms with Gasteiger partial charge >= 0.3 is 0 Å². The van der Waals surface area contributed by atoms with Gasteiger partial charge < -0.3 is 15.0 Å². The van der Waals surface area contributed by atoms with Crippen LogP contribution in [0.1, 0.15) is 38.5 Å². The van der Waals surface area contributed by atoms with Gasteiger partial charge in [0, 0.05) is 13.1 Å². The molecule has 2 bridgehead atoms. The maximum Gasteiger partial charge on any atom is 0.0600 e. The van der Waals surface area contributed by atoms with Crippen molar-refractivity contribution in [2.45, 2.75) is 44.6 Å². The minimum absolute atomic E-state index is 0.511. The van der Waals surface area contributed by atoms with E-state index in [1.807, 2.05) is 0 Å². The van der Waals surface area contributed by atoms with Crippen LogP contribution in [-0.2, 0) is 4.74 Å². The number of nitrogens with one attached hydrogen (secondary N) is 1. The van der Waals surface area contributed by atoms with Gasteiger partial charge in [0.05, 0.1) is 12.7 Å². The SMILES string of the molecule is CN(CCOC1CCNCC1)CC1CC2CCC1C2. The summed E-state index contributed by atoms with van der Waals surface area (Å²) in [5.41, 5.74) is 0. The average Bonchev–Trinajstić information content (AvgIpc) is 3.02. The molecular formula is C16H30N2O. The fourth-order valence-corrected chi connectivity index (χ4v) is 4.43. The number of ether oxygens (including phenoxy) is 1. The van der Waals surface area contributed by atoms with Crippen molar-refractivity contribution < 1.29 is 4.74 Å². The Labute approximate surface area is 118 Å². The first-order valence-electron chi connectivity index (χ1n) is 8.32. The lowest BCUT2D eigenvalue weighted by Gasteiger charge is -2.28. The molecule has 19 heavy (non-hydrogen) atoms. The van der Waals surface area contributed by atoms with E-state index < -0.39 is 0 Å². The van der Waals surface area contributed by atoms with Gasteiger partial charge in [0.2, 0.25) is 0 Å². The van der Waals surface area contributed by atoms with Gasteiger partial charge in [0.1, 0.15) is 0 Å². The molecule has 0 aromatic heterocycles. The summed E-state index contributed by atoms with van der Waals surface area (Å²) in [6.07, 6.45) is 8.95. The normalized spacial score (nSPS) is 35.4. The first-order valence-corrected chi connectivity index (χ1v) is 8.32. The molecule has 0 amide bonds. The van der Waals surface area contributed by atoms with Crippen LogP contribution < -0.4 is 5.32 Å². The standard InChI is InChI=1S/C16H30N2O/c1-18(8-9-19-16-4-6-17-7-5-16)12-15-11-13-2-3-14(15)10-13/h13-17H,2-12H2,1H3. The van der Waals surface area contributed by atoms with Crippen molar-refractivity contribution in [1.82, 2.24) is 10.2 Å². The van der Waals surface area contributed by atoms with Crippen LogP contribution in [0.5, 0.6) is 0 Å². The number of hydrogen-bond donors (Lipinski definition) is 1. The molecule has 1 saturated heterocycles. The van der Waals surface area contributed by atoms with E-state index in [0.29, 0.717) is 6.10 Å². The molecule has 1 N–H and O–H groups in total. The first-order chi connectivity index (χ1) is 9.31. The molecule has 2 saturated carbocycles. The van der Waals surface area contributed by atoms with Crippen molar-refractivity contribution in [3.63, 3.8) is 0 Å². The number of nitrogens with zero attached hydrogens (tertiary/aromatic N) is 1. The Bertz CT molecular complexity index is 278. The summed E-state index contributed by atoms with van der Waals surface area (Å²) >= 11 is 0. The molecule has 2 aliphatic carbocycles. The van der Waals surface area contributed by atoms with Crippen LogP contribution in [0, 0.1) is 17.8 Å². The minimum Gasteiger partial charge on any atom is -0.377 e. The molecule has 3 rings (SSSR count). The molecule has 0 spiro atoms. The highest BCUT2D eigenvalue weighted by Crippen LogP contribution is 2.48. The van der Waals surface area contributed by atoms with Gasteiger partial charge in [-0.25, -0.2) is 0 Å². The first kappa shape index (κ1) is 13.8. The van der Waals surface area contributed by atoms with Gasteiger partial charge in [0.25, 0.3) is 0 Å². The third-order valence-corrected chi connectivity index (χ3v) is 5.54. The quantitative estimate of drug-likeness (QED) is 0.797. The van der Waals surface area contributed by atoms with Gasteiger partial charge in [-0.15, -0.1) is 0 Å². The summed E-state index contributed by atoms with van der Waals surface area (Å²) in [4.78, 5) is 2.51.